The molecule has 116 valence electrons. The van der Waals surface area contributed by atoms with Gasteiger partial charge < -0.3 is 10.1 Å². The van der Waals surface area contributed by atoms with Gasteiger partial charge in [0, 0.05) is 0 Å². The minimum Gasteiger partial charge on any atom is -0.464 e. The largest absolute Gasteiger partial charge is 0.464 e. The first-order valence-electron chi connectivity index (χ1n) is 7.97. The van der Waals surface area contributed by atoms with Crippen LogP contribution in [0.25, 0.3) is 0 Å². The molecule has 3 rings (SSSR count). The van der Waals surface area contributed by atoms with E-state index in [0.29, 0.717) is 17.7 Å². The van der Waals surface area contributed by atoms with Crippen molar-refractivity contribution in [3.63, 3.8) is 0 Å². The summed E-state index contributed by atoms with van der Waals surface area (Å²) in [7, 11) is 1.40. The molecule has 6 heteroatoms. The molecule has 0 aromatic carbocycles. The number of carbonyl (C=O) groups excluding carboxylic acids is 1. The van der Waals surface area contributed by atoms with E-state index in [1.54, 1.807) is 0 Å². The lowest BCUT2D eigenvalue weighted by Crippen LogP contribution is -2.25. The number of nitrogens with zero attached hydrogens (tertiary/aromatic N) is 3. The summed E-state index contributed by atoms with van der Waals surface area (Å²) in [5, 5.41) is 11.9. The molecule has 2 heterocycles. The van der Waals surface area contributed by atoms with Crippen molar-refractivity contribution in [1.82, 2.24) is 20.3 Å². The first kappa shape index (κ1) is 14.5. The van der Waals surface area contributed by atoms with Gasteiger partial charge in [-0.15, -0.1) is 5.10 Å². The smallest absolute Gasteiger partial charge is 0.360 e. The summed E-state index contributed by atoms with van der Waals surface area (Å²) in [6.07, 6.45) is 6.89. The van der Waals surface area contributed by atoms with Crippen molar-refractivity contribution >= 4 is 5.97 Å². The van der Waals surface area contributed by atoms with Crippen molar-refractivity contribution in [1.29, 1.82) is 0 Å². The number of carbonyl (C=O) groups is 1. The van der Waals surface area contributed by atoms with E-state index in [4.69, 9.17) is 4.74 Å². The lowest BCUT2D eigenvalue weighted by molar-refractivity contribution is 0.0591. The van der Waals surface area contributed by atoms with E-state index in [1.807, 2.05) is 4.68 Å². The second-order valence-corrected chi connectivity index (χ2v) is 6.33. The Kier molecular flexibility index (Phi) is 4.24. The van der Waals surface area contributed by atoms with E-state index in [1.165, 1.54) is 20.0 Å². The van der Waals surface area contributed by atoms with Gasteiger partial charge in [-0.3, -0.25) is 0 Å². The molecule has 0 amide bonds. The second-order valence-electron chi connectivity index (χ2n) is 6.33. The molecule has 1 aliphatic heterocycles. The maximum Gasteiger partial charge on any atom is 0.360 e. The molecule has 1 aromatic heterocycles. The summed E-state index contributed by atoms with van der Waals surface area (Å²) >= 11 is 0. The first-order valence-corrected chi connectivity index (χ1v) is 7.97. The molecule has 0 radical (unpaired) electrons. The Morgan fingerprint density at radius 3 is 2.86 bits per heavy atom. The lowest BCUT2D eigenvalue weighted by atomic mass is 9.87. The molecule has 2 aliphatic rings. The van der Waals surface area contributed by atoms with E-state index in [2.05, 4.69) is 22.6 Å². The van der Waals surface area contributed by atoms with Crippen LogP contribution in [0, 0.1) is 5.92 Å². The van der Waals surface area contributed by atoms with Gasteiger partial charge in [0.1, 0.15) is 0 Å². The van der Waals surface area contributed by atoms with E-state index >= 15 is 0 Å². The van der Waals surface area contributed by atoms with Crippen molar-refractivity contribution in [2.45, 2.75) is 57.5 Å². The van der Waals surface area contributed by atoms with Crippen molar-refractivity contribution in [2.24, 2.45) is 5.92 Å². The molecular weight excluding hydrogens is 268 g/mol. The predicted molar refractivity (Wildman–Crippen MR) is 78.0 cm³/mol. The topological polar surface area (TPSA) is 69.0 Å². The summed E-state index contributed by atoms with van der Waals surface area (Å²) in [5.74, 6) is 0.327. The number of esters is 1. The van der Waals surface area contributed by atoms with Crippen LogP contribution < -0.4 is 5.32 Å². The summed E-state index contributed by atoms with van der Waals surface area (Å²) in [5.41, 5.74) is 1.31. The number of methoxy groups -OCH3 is 1. The normalized spacial score (nSPS) is 29.5. The summed E-state index contributed by atoms with van der Waals surface area (Å²) in [6.45, 7) is 3.27. The van der Waals surface area contributed by atoms with Gasteiger partial charge in [-0.1, -0.05) is 25.0 Å². The number of rotatable bonds is 3. The standard InChI is InChI=1S/C15H24N4O2/c1-10-5-3-6-11(9-10)19-14(12-7-4-8-16-12)13(17-18-19)15(20)21-2/h10-12,16H,3-9H2,1-2H3. The molecule has 6 nitrogen and oxygen atoms in total. The first-order chi connectivity index (χ1) is 10.2. The van der Waals surface area contributed by atoms with Crippen LogP contribution >= 0.6 is 0 Å². The second kappa shape index (κ2) is 6.13. The van der Waals surface area contributed by atoms with Crippen LogP contribution in [0.1, 0.15) is 73.7 Å². The van der Waals surface area contributed by atoms with E-state index in [9.17, 15) is 4.79 Å². The number of aromatic nitrogens is 3. The minimum absolute atomic E-state index is 0.173. The number of nitrogens with one attached hydrogen (secondary N) is 1. The van der Waals surface area contributed by atoms with Crippen LogP contribution in [0.5, 0.6) is 0 Å². The minimum atomic E-state index is -0.381. The third kappa shape index (κ3) is 2.81. The highest BCUT2D eigenvalue weighted by atomic mass is 16.5. The third-order valence-electron chi connectivity index (χ3n) is 4.75. The van der Waals surface area contributed by atoms with Gasteiger partial charge >= 0.3 is 5.97 Å². The van der Waals surface area contributed by atoms with Gasteiger partial charge in [-0.05, 0) is 38.1 Å². The molecular formula is C15H24N4O2. The summed E-state index contributed by atoms with van der Waals surface area (Å²) in [4.78, 5) is 12.0. The van der Waals surface area contributed by atoms with Crippen LogP contribution in [-0.4, -0.2) is 34.6 Å². The summed E-state index contributed by atoms with van der Waals surface area (Å²) < 4.78 is 6.88. The van der Waals surface area contributed by atoms with Gasteiger partial charge in [-0.2, -0.15) is 0 Å². The van der Waals surface area contributed by atoms with Crippen LogP contribution in [0.3, 0.4) is 0 Å². The zero-order valence-corrected chi connectivity index (χ0v) is 12.8. The molecule has 3 unspecified atom stereocenters. The fourth-order valence-electron chi connectivity index (χ4n) is 3.68. The van der Waals surface area contributed by atoms with Crippen LogP contribution in [0.4, 0.5) is 0 Å². The zero-order chi connectivity index (χ0) is 14.8. The lowest BCUT2D eigenvalue weighted by Gasteiger charge is -2.28. The highest BCUT2D eigenvalue weighted by Gasteiger charge is 2.32. The molecule has 2 fully saturated rings. The Hall–Kier alpha value is -1.43. The fraction of sp³-hybridized carbons (Fsp3) is 0.800. The monoisotopic (exact) mass is 292 g/mol. The maximum absolute atomic E-state index is 12.0. The van der Waals surface area contributed by atoms with Gasteiger partial charge in [0.2, 0.25) is 0 Å². The predicted octanol–water partition coefficient (Wildman–Crippen LogP) is 2.24. The Balaban J connectivity index is 1.95. The highest BCUT2D eigenvalue weighted by molar-refractivity contribution is 5.88. The quantitative estimate of drug-likeness (QED) is 0.865. The Morgan fingerprint density at radius 1 is 1.33 bits per heavy atom. The van der Waals surface area contributed by atoms with Crippen LogP contribution in [0.2, 0.25) is 0 Å². The third-order valence-corrected chi connectivity index (χ3v) is 4.75. The SMILES string of the molecule is COC(=O)c1nnn(C2CCCC(C)C2)c1C1CCCN1. The number of hydrogen-bond acceptors (Lipinski definition) is 5. The van der Waals surface area contributed by atoms with Gasteiger partial charge in [-0.25, -0.2) is 9.48 Å². The Bertz CT molecular complexity index is 508. The molecule has 1 saturated heterocycles. The molecule has 3 atom stereocenters. The van der Waals surface area contributed by atoms with Crippen molar-refractivity contribution in [3.05, 3.63) is 11.4 Å². The van der Waals surface area contributed by atoms with E-state index in [-0.39, 0.29) is 12.0 Å². The molecule has 21 heavy (non-hydrogen) atoms. The molecule has 0 bridgehead atoms. The van der Waals surface area contributed by atoms with Gasteiger partial charge in [0.15, 0.2) is 5.69 Å². The molecule has 1 N–H and O–H groups in total. The van der Waals surface area contributed by atoms with Gasteiger partial charge in [0.25, 0.3) is 0 Å². The molecule has 0 spiro atoms. The average Bonchev–Trinajstić information content (AvgIpc) is 3.15. The van der Waals surface area contributed by atoms with E-state index in [0.717, 1.165) is 37.9 Å². The van der Waals surface area contributed by atoms with Crippen LogP contribution in [-0.2, 0) is 4.74 Å². The van der Waals surface area contributed by atoms with Crippen molar-refractivity contribution < 1.29 is 9.53 Å². The maximum atomic E-state index is 12.0. The average molecular weight is 292 g/mol. The molecule has 1 saturated carbocycles. The van der Waals surface area contributed by atoms with Gasteiger partial charge in [0.05, 0.1) is 24.9 Å². The highest BCUT2D eigenvalue weighted by Crippen LogP contribution is 2.35. The van der Waals surface area contributed by atoms with Crippen molar-refractivity contribution in [3.8, 4) is 0 Å². The zero-order valence-electron chi connectivity index (χ0n) is 12.8. The Labute approximate surface area is 125 Å². The molecule has 1 aromatic rings. The van der Waals surface area contributed by atoms with Crippen molar-refractivity contribution in [2.75, 3.05) is 13.7 Å². The van der Waals surface area contributed by atoms with E-state index < -0.39 is 0 Å². The number of ether oxygens (including phenoxy) is 1. The number of hydrogen-bond donors (Lipinski definition) is 1. The molecule has 1 aliphatic carbocycles. The fourth-order valence-corrected chi connectivity index (χ4v) is 3.68. The Morgan fingerprint density at radius 2 is 2.19 bits per heavy atom. The van der Waals surface area contributed by atoms with Crippen LogP contribution in [0.15, 0.2) is 0 Å². The summed E-state index contributed by atoms with van der Waals surface area (Å²) in [6, 6.07) is 0.531.